The summed E-state index contributed by atoms with van der Waals surface area (Å²) < 4.78 is 49.2. The molecule has 1 atom stereocenters. The average Bonchev–Trinajstić information content (AvgIpc) is 2.89. The SMILES string of the molecule is O=C1C(N2CCS(=O)CC2)CCN1c1ccc(C(F)(F)F)cc1. The third-order valence-electron chi connectivity index (χ3n) is 4.34. The molecule has 2 aliphatic heterocycles. The van der Waals surface area contributed by atoms with Crippen molar-refractivity contribution in [3.8, 4) is 0 Å². The summed E-state index contributed by atoms with van der Waals surface area (Å²) in [5, 5.41) is 0. The number of benzene rings is 1. The summed E-state index contributed by atoms with van der Waals surface area (Å²) in [6, 6.07) is 4.43. The van der Waals surface area contributed by atoms with Crippen LogP contribution in [-0.4, -0.2) is 52.2 Å². The quantitative estimate of drug-likeness (QED) is 0.821. The van der Waals surface area contributed by atoms with Crippen LogP contribution in [0.5, 0.6) is 0 Å². The van der Waals surface area contributed by atoms with Crippen LogP contribution < -0.4 is 4.90 Å². The number of amides is 1. The number of alkyl halides is 3. The monoisotopic (exact) mass is 346 g/mol. The molecule has 0 saturated carbocycles. The van der Waals surface area contributed by atoms with Crippen molar-refractivity contribution in [1.29, 1.82) is 0 Å². The van der Waals surface area contributed by atoms with Crippen molar-refractivity contribution in [3.63, 3.8) is 0 Å². The molecule has 8 heteroatoms. The number of hydrogen-bond acceptors (Lipinski definition) is 3. The lowest BCUT2D eigenvalue weighted by Crippen LogP contribution is -2.48. The van der Waals surface area contributed by atoms with E-state index in [0.29, 0.717) is 43.2 Å². The van der Waals surface area contributed by atoms with Crippen LogP contribution in [0.15, 0.2) is 24.3 Å². The fourth-order valence-corrected chi connectivity index (χ4v) is 4.13. The molecule has 0 aliphatic carbocycles. The van der Waals surface area contributed by atoms with E-state index in [4.69, 9.17) is 0 Å². The summed E-state index contributed by atoms with van der Waals surface area (Å²) in [7, 11) is -0.801. The van der Waals surface area contributed by atoms with Crippen LogP contribution in [0.1, 0.15) is 12.0 Å². The number of hydrogen-bond donors (Lipinski definition) is 0. The van der Waals surface area contributed by atoms with Crippen LogP contribution >= 0.6 is 0 Å². The summed E-state index contributed by atoms with van der Waals surface area (Å²) in [6.45, 7) is 1.75. The first-order chi connectivity index (χ1) is 10.9. The number of rotatable bonds is 2. The van der Waals surface area contributed by atoms with Crippen molar-refractivity contribution in [2.45, 2.75) is 18.6 Å². The van der Waals surface area contributed by atoms with Gasteiger partial charge in [0.25, 0.3) is 0 Å². The molecule has 2 fully saturated rings. The molecule has 1 amide bonds. The molecule has 23 heavy (non-hydrogen) atoms. The highest BCUT2D eigenvalue weighted by molar-refractivity contribution is 7.85. The third-order valence-corrected chi connectivity index (χ3v) is 5.61. The Morgan fingerprint density at radius 1 is 1.04 bits per heavy atom. The number of carbonyl (C=O) groups excluding carboxylic acids is 1. The van der Waals surface area contributed by atoms with Crippen LogP contribution in [0.25, 0.3) is 0 Å². The second kappa shape index (κ2) is 6.24. The topological polar surface area (TPSA) is 40.6 Å². The van der Waals surface area contributed by atoms with E-state index in [9.17, 15) is 22.2 Å². The van der Waals surface area contributed by atoms with Gasteiger partial charge < -0.3 is 4.90 Å². The maximum Gasteiger partial charge on any atom is 0.416 e. The highest BCUT2D eigenvalue weighted by Crippen LogP contribution is 2.32. The zero-order valence-corrected chi connectivity index (χ0v) is 13.2. The van der Waals surface area contributed by atoms with Gasteiger partial charge in [0.1, 0.15) is 0 Å². The van der Waals surface area contributed by atoms with Crippen LogP contribution in [0.3, 0.4) is 0 Å². The molecule has 0 bridgehead atoms. The molecule has 2 saturated heterocycles. The van der Waals surface area contributed by atoms with Crippen molar-refractivity contribution >= 4 is 22.4 Å². The fourth-order valence-electron chi connectivity index (χ4n) is 3.05. The van der Waals surface area contributed by atoms with Gasteiger partial charge in [0.2, 0.25) is 5.91 Å². The predicted molar refractivity (Wildman–Crippen MR) is 81.7 cm³/mol. The normalized spacial score (nSPS) is 24.4. The Hall–Kier alpha value is -1.41. The lowest BCUT2D eigenvalue weighted by molar-refractivity contribution is -0.137. The number of halogens is 3. The predicted octanol–water partition coefficient (Wildman–Crippen LogP) is 1.88. The molecule has 0 radical (unpaired) electrons. The van der Waals surface area contributed by atoms with Crippen LogP contribution in [-0.2, 0) is 21.8 Å². The van der Waals surface area contributed by atoms with Crippen molar-refractivity contribution in [2.24, 2.45) is 0 Å². The van der Waals surface area contributed by atoms with Gasteiger partial charge >= 0.3 is 6.18 Å². The zero-order valence-electron chi connectivity index (χ0n) is 12.4. The van der Waals surface area contributed by atoms with Gasteiger partial charge in [-0.15, -0.1) is 0 Å². The maximum atomic E-state index is 12.6. The van der Waals surface area contributed by atoms with Crippen molar-refractivity contribution in [2.75, 3.05) is 36.0 Å². The Bertz CT molecular complexity index is 608. The summed E-state index contributed by atoms with van der Waals surface area (Å²) in [5.41, 5.74) is -0.228. The summed E-state index contributed by atoms with van der Waals surface area (Å²) in [4.78, 5) is 16.1. The molecular formula is C15H17F3N2O2S. The molecule has 1 unspecified atom stereocenters. The second-order valence-electron chi connectivity index (χ2n) is 5.72. The van der Waals surface area contributed by atoms with Crippen LogP contribution in [0, 0.1) is 0 Å². The van der Waals surface area contributed by atoms with E-state index in [2.05, 4.69) is 0 Å². The standard InChI is InChI=1S/C15H17F3N2O2S/c16-15(17,18)11-1-3-12(4-2-11)20-6-5-13(14(20)21)19-7-9-23(22)10-8-19/h1-4,13H,5-10H2. The van der Waals surface area contributed by atoms with Gasteiger partial charge in [-0.1, -0.05) is 0 Å². The van der Waals surface area contributed by atoms with Gasteiger partial charge in [-0.2, -0.15) is 13.2 Å². The molecule has 4 nitrogen and oxygen atoms in total. The summed E-state index contributed by atoms with van der Waals surface area (Å²) >= 11 is 0. The van der Waals surface area contributed by atoms with Crippen molar-refractivity contribution in [3.05, 3.63) is 29.8 Å². The van der Waals surface area contributed by atoms with E-state index in [0.717, 1.165) is 12.1 Å². The third kappa shape index (κ3) is 3.42. The van der Waals surface area contributed by atoms with Gasteiger partial charge in [0.05, 0.1) is 11.6 Å². The molecule has 0 spiro atoms. The van der Waals surface area contributed by atoms with E-state index in [1.807, 2.05) is 4.90 Å². The molecule has 0 N–H and O–H groups in total. The second-order valence-corrected chi connectivity index (χ2v) is 7.42. The molecule has 1 aromatic carbocycles. The van der Waals surface area contributed by atoms with Crippen LogP contribution in [0.4, 0.5) is 18.9 Å². The number of carbonyl (C=O) groups is 1. The Kier molecular flexibility index (Phi) is 4.46. The van der Waals surface area contributed by atoms with Gasteiger partial charge in [0.15, 0.2) is 0 Å². The number of anilines is 1. The summed E-state index contributed by atoms with van der Waals surface area (Å²) in [6.07, 6.45) is -3.73. The van der Waals surface area contributed by atoms with E-state index in [1.54, 1.807) is 0 Å². The first-order valence-electron chi connectivity index (χ1n) is 7.44. The van der Waals surface area contributed by atoms with E-state index < -0.39 is 22.5 Å². The Balaban J connectivity index is 1.70. The maximum absolute atomic E-state index is 12.6. The Labute approximate surface area is 134 Å². The minimum absolute atomic E-state index is 0.0857. The lowest BCUT2D eigenvalue weighted by Gasteiger charge is -2.30. The van der Waals surface area contributed by atoms with Gasteiger partial charge in [-0.3, -0.25) is 13.9 Å². The van der Waals surface area contributed by atoms with E-state index >= 15 is 0 Å². The van der Waals surface area contributed by atoms with E-state index in [-0.39, 0.29) is 11.9 Å². The Morgan fingerprint density at radius 2 is 1.65 bits per heavy atom. The summed E-state index contributed by atoms with van der Waals surface area (Å²) in [5.74, 6) is 1.06. The van der Waals surface area contributed by atoms with Gasteiger partial charge in [-0.05, 0) is 30.7 Å². The van der Waals surface area contributed by atoms with Crippen molar-refractivity contribution < 1.29 is 22.2 Å². The van der Waals surface area contributed by atoms with Gasteiger partial charge in [0, 0.05) is 47.6 Å². The molecule has 2 aliphatic rings. The molecular weight excluding hydrogens is 329 g/mol. The molecule has 1 aromatic rings. The number of nitrogens with zero attached hydrogens (tertiary/aromatic N) is 2. The minimum atomic E-state index is -4.38. The lowest BCUT2D eigenvalue weighted by atomic mass is 10.2. The van der Waals surface area contributed by atoms with Crippen LogP contribution in [0.2, 0.25) is 0 Å². The Morgan fingerprint density at radius 3 is 2.22 bits per heavy atom. The molecule has 126 valence electrons. The highest BCUT2D eigenvalue weighted by atomic mass is 32.2. The van der Waals surface area contributed by atoms with Gasteiger partial charge in [-0.25, -0.2) is 0 Å². The fraction of sp³-hybridized carbons (Fsp3) is 0.533. The average molecular weight is 346 g/mol. The minimum Gasteiger partial charge on any atom is -0.311 e. The molecule has 3 rings (SSSR count). The van der Waals surface area contributed by atoms with E-state index in [1.165, 1.54) is 17.0 Å². The molecule has 0 aromatic heterocycles. The highest BCUT2D eigenvalue weighted by Gasteiger charge is 2.38. The first-order valence-corrected chi connectivity index (χ1v) is 8.93. The zero-order chi connectivity index (χ0) is 16.6. The molecule has 2 heterocycles. The van der Waals surface area contributed by atoms with Crippen molar-refractivity contribution in [1.82, 2.24) is 4.90 Å². The smallest absolute Gasteiger partial charge is 0.311 e. The largest absolute Gasteiger partial charge is 0.416 e. The first kappa shape index (κ1) is 16.4.